The molecular weight excluding hydrogens is 246 g/mol. The first kappa shape index (κ1) is 24.9. The lowest BCUT2D eigenvalue weighted by atomic mass is 9.78. The minimum atomic E-state index is 0.0776. The second-order valence-corrected chi connectivity index (χ2v) is 7.05. The summed E-state index contributed by atoms with van der Waals surface area (Å²) in [6.45, 7) is 19.9. The van der Waals surface area contributed by atoms with Crippen molar-refractivity contribution in [1.29, 1.82) is 0 Å². The van der Waals surface area contributed by atoms with Crippen molar-refractivity contribution in [2.45, 2.75) is 100.0 Å². The third kappa shape index (κ3) is 16.0. The molecule has 0 saturated carbocycles. The lowest BCUT2D eigenvalue weighted by Gasteiger charge is -2.40. The molecule has 0 amide bonds. The van der Waals surface area contributed by atoms with Crippen molar-refractivity contribution in [1.82, 2.24) is 4.90 Å². The van der Waals surface area contributed by atoms with Crippen molar-refractivity contribution in [2.75, 3.05) is 13.8 Å². The molecule has 1 N–H and O–H groups in total. The van der Waals surface area contributed by atoms with Gasteiger partial charge in [0.15, 0.2) is 0 Å². The molecule has 0 heterocycles. The monoisotopic (exact) mass is 289 g/mol. The van der Waals surface area contributed by atoms with Crippen molar-refractivity contribution < 1.29 is 5.11 Å². The standard InChI is InChI=1S/C11H25NO.C4H10.C3H8/c1-7-10(2,3)8-11(4,5)12(6)9-13;1-3-4-2;1-3-2/h13H,7-9H2,1-6H3;3-4H2,1-2H3;3H2,1-2H3. The maximum atomic E-state index is 9.07. The number of hydrogen-bond acceptors (Lipinski definition) is 2. The minimum Gasteiger partial charge on any atom is -0.381 e. The number of aliphatic hydroxyl groups is 1. The third-order valence-electron chi connectivity index (χ3n) is 3.61. The molecule has 0 radical (unpaired) electrons. The Morgan fingerprint density at radius 1 is 0.850 bits per heavy atom. The molecule has 0 aliphatic rings. The largest absolute Gasteiger partial charge is 0.381 e. The van der Waals surface area contributed by atoms with Crippen LogP contribution in [-0.4, -0.2) is 29.3 Å². The van der Waals surface area contributed by atoms with Crippen molar-refractivity contribution >= 4 is 0 Å². The average Bonchev–Trinajstić information content (AvgIpc) is 2.37. The van der Waals surface area contributed by atoms with Gasteiger partial charge in [0.05, 0.1) is 6.73 Å². The predicted molar refractivity (Wildman–Crippen MR) is 94.2 cm³/mol. The molecule has 2 heteroatoms. The molecular formula is C18H43NO. The Morgan fingerprint density at radius 3 is 1.40 bits per heavy atom. The number of aliphatic hydroxyl groups excluding tert-OH is 1. The summed E-state index contributed by atoms with van der Waals surface area (Å²) in [7, 11) is 1.96. The fourth-order valence-corrected chi connectivity index (χ4v) is 1.62. The summed E-state index contributed by atoms with van der Waals surface area (Å²) in [5.74, 6) is 0. The Bertz CT molecular complexity index is 186. The lowest BCUT2D eigenvalue weighted by molar-refractivity contribution is 0.0213. The van der Waals surface area contributed by atoms with Gasteiger partial charge in [0, 0.05) is 5.54 Å². The van der Waals surface area contributed by atoms with Crippen LogP contribution < -0.4 is 0 Å². The van der Waals surface area contributed by atoms with Crippen LogP contribution in [0.1, 0.15) is 94.4 Å². The van der Waals surface area contributed by atoms with E-state index in [1.165, 1.54) is 25.7 Å². The van der Waals surface area contributed by atoms with Crippen LogP contribution in [0.2, 0.25) is 0 Å². The van der Waals surface area contributed by atoms with E-state index in [0.717, 1.165) is 6.42 Å². The summed E-state index contributed by atoms with van der Waals surface area (Å²) in [4.78, 5) is 1.99. The van der Waals surface area contributed by atoms with E-state index in [1.807, 2.05) is 11.9 Å². The fourth-order valence-electron chi connectivity index (χ4n) is 1.62. The van der Waals surface area contributed by atoms with Crippen LogP contribution in [-0.2, 0) is 0 Å². The maximum Gasteiger partial charge on any atom is 0.0958 e. The van der Waals surface area contributed by atoms with Crippen molar-refractivity contribution in [3.8, 4) is 0 Å². The molecule has 0 aromatic heterocycles. The summed E-state index contributed by atoms with van der Waals surface area (Å²) in [6, 6.07) is 0. The zero-order valence-electron chi connectivity index (χ0n) is 16.1. The predicted octanol–water partition coefficient (Wildman–Crippen LogP) is 5.70. The van der Waals surface area contributed by atoms with E-state index in [0.29, 0.717) is 5.41 Å². The molecule has 0 saturated heterocycles. The smallest absolute Gasteiger partial charge is 0.0958 e. The van der Waals surface area contributed by atoms with Gasteiger partial charge in [-0.3, -0.25) is 4.90 Å². The van der Waals surface area contributed by atoms with Gasteiger partial charge < -0.3 is 5.11 Å². The molecule has 0 unspecified atom stereocenters. The highest BCUT2D eigenvalue weighted by Gasteiger charge is 2.30. The molecule has 0 aliphatic heterocycles. The van der Waals surface area contributed by atoms with E-state index >= 15 is 0 Å². The van der Waals surface area contributed by atoms with Crippen LogP contribution in [0.4, 0.5) is 0 Å². The molecule has 0 spiro atoms. The highest BCUT2D eigenvalue weighted by molar-refractivity contribution is 4.84. The van der Waals surface area contributed by atoms with Gasteiger partial charge in [0.25, 0.3) is 0 Å². The van der Waals surface area contributed by atoms with Crippen molar-refractivity contribution in [3.63, 3.8) is 0 Å². The minimum absolute atomic E-state index is 0.0776. The summed E-state index contributed by atoms with van der Waals surface area (Å²) >= 11 is 0. The van der Waals surface area contributed by atoms with Gasteiger partial charge in [-0.1, -0.05) is 74.1 Å². The van der Waals surface area contributed by atoms with Gasteiger partial charge in [-0.25, -0.2) is 0 Å². The second-order valence-electron chi connectivity index (χ2n) is 7.05. The van der Waals surface area contributed by atoms with Gasteiger partial charge in [-0.2, -0.15) is 0 Å². The average molecular weight is 290 g/mol. The lowest BCUT2D eigenvalue weighted by Crippen LogP contribution is -2.44. The van der Waals surface area contributed by atoms with Gasteiger partial charge in [0.2, 0.25) is 0 Å². The molecule has 0 fully saturated rings. The Hall–Kier alpha value is -0.0800. The second kappa shape index (κ2) is 13.9. The van der Waals surface area contributed by atoms with E-state index in [9.17, 15) is 0 Å². The first-order chi connectivity index (χ1) is 9.08. The Kier molecular flexibility index (Phi) is 17.3. The molecule has 20 heavy (non-hydrogen) atoms. The van der Waals surface area contributed by atoms with E-state index in [2.05, 4.69) is 62.3 Å². The maximum absolute atomic E-state index is 9.07. The number of unbranched alkanes of at least 4 members (excludes halogenated alkanes) is 1. The highest BCUT2D eigenvalue weighted by atomic mass is 16.3. The zero-order valence-corrected chi connectivity index (χ0v) is 16.1. The van der Waals surface area contributed by atoms with Crippen LogP contribution in [0.3, 0.4) is 0 Å². The van der Waals surface area contributed by atoms with Crippen LogP contribution >= 0.6 is 0 Å². The first-order valence-electron chi connectivity index (χ1n) is 8.40. The van der Waals surface area contributed by atoms with Crippen molar-refractivity contribution in [2.24, 2.45) is 5.41 Å². The number of rotatable bonds is 6. The topological polar surface area (TPSA) is 23.5 Å². The summed E-state index contributed by atoms with van der Waals surface area (Å²) in [6.07, 6.45) is 6.17. The summed E-state index contributed by atoms with van der Waals surface area (Å²) in [5.41, 5.74) is 0.432. The number of nitrogens with zero attached hydrogens (tertiary/aromatic N) is 1. The molecule has 0 aliphatic carbocycles. The van der Waals surface area contributed by atoms with Crippen LogP contribution in [0.5, 0.6) is 0 Å². The molecule has 0 aromatic rings. The van der Waals surface area contributed by atoms with E-state index in [1.54, 1.807) is 0 Å². The van der Waals surface area contributed by atoms with Crippen LogP contribution in [0.15, 0.2) is 0 Å². The van der Waals surface area contributed by atoms with Gasteiger partial charge in [0.1, 0.15) is 0 Å². The molecule has 0 aromatic carbocycles. The van der Waals surface area contributed by atoms with E-state index in [4.69, 9.17) is 5.11 Å². The van der Waals surface area contributed by atoms with E-state index < -0.39 is 0 Å². The van der Waals surface area contributed by atoms with Gasteiger partial charge in [-0.15, -0.1) is 0 Å². The third-order valence-corrected chi connectivity index (χ3v) is 3.61. The van der Waals surface area contributed by atoms with Crippen LogP contribution in [0, 0.1) is 5.41 Å². The fraction of sp³-hybridized carbons (Fsp3) is 1.00. The SMILES string of the molecule is CCC.CCC(C)(C)CC(C)(C)N(C)CO.CCCC. The summed E-state index contributed by atoms with van der Waals surface area (Å²) in [5, 5.41) is 9.07. The first-order valence-corrected chi connectivity index (χ1v) is 8.40. The number of hydrogen-bond donors (Lipinski definition) is 1. The van der Waals surface area contributed by atoms with Gasteiger partial charge in [-0.05, 0) is 32.7 Å². The molecule has 2 nitrogen and oxygen atoms in total. The quantitative estimate of drug-likeness (QED) is 0.634. The normalized spacial score (nSPS) is 11.4. The summed E-state index contributed by atoms with van der Waals surface area (Å²) < 4.78 is 0. The molecule has 0 bridgehead atoms. The Labute approximate surface area is 130 Å². The zero-order chi connectivity index (χ0) is 16.8. The van der Waals surface area contributed by atoms with Crippen molar-refractivity contribution in [3.05, 3.63) is 0 Å². The molecule has 126 valence electrons. The Morgan fingerprint density at radius 2 is 1.20 bits per heavy atom. The molecule has 0 rings (SSSR count). The van der Waals surface area contributed by atoms with E-state index in [-0.39, 0.29) is 12.3 Å². The Balaban J connectivity index is -0.000000343. The molecule has 0 atom stereocenters. The van der Waals surface area contributed by atoms with Gasteiger partial charge >= 0.3 is 0 Å². The highest BCUT2D eigenvalue weighted by Crippen LogP contribution is 2.33. The van der Waals surface area contributed by atoms with Crippen LogP contribution in [0.25, 0.3) is 0 Å².